The molecule has 0 radical (unpaired) electrons. The SMILES string of the molecule is c1ccc(-c2nc(-c3ccc4ccccc4c3)nc(-c3c(-c4ccccc4)ccc4ccccc34)n2)cc1. The Morgan fingerprint density at radius 3 is 1.66 bits per heavy atom. The fraction of sp³-hybridized carbons (Fsp3) is 0. The molecule has 0 saturated heterocycles. The van der Waals surface area contributed by atoms with Gasteiger partial charge in [-0.15, -0.1) is 0 Å². The highest BCUT2D eigenvalue weighted by Gasteiger charge is 2.18. The van der Waals surface area contributed by atoms with Gasteiger partial charge in [-0.05, 0) is 38.7 Å². The molecule has 178 valence electrons. The lowest BCUT2D eigenvalue weighted by Crippen LogP contribution is -2.01. The van der Waals surface area contributed by atoms with Crippen molar-refractivity contribution in [1.29, 1.82) is 0 Å². The summed E-state index contributed by atoms with van der Waals surface area (Å²) in [6, 6.07) is 48.1. The van der Waals surface area contributed by atoms with Crippen LogP contribution in [0.5, 0.6) is 0 Å². The van der Waals surface area contributed by atoms with Crippen molar-refractivity contribution in [3.05, 3.63) is 140 Å². The summed E-state index contributed by atoms with van der Waals surface area (Å²) in [5.41, 5.74) is 5.16. The van der Waals surface area contributed by atoms with Crippen LogP contribution in [0.15, 0.2) is 140 Å². The molecule has 0 aliphatic heterocycles. The van der Waals surface area contributed by atoms with Crippen LogP contribution in [-0.4, -0.2) is 15.0 Å². The Bertz CT molecular complexity index is 1910. The molecule has 0 aliphatic rings. The first-order valence-corrected chi connectivity index (χ1v) is 12.7. The first-order chi connectivity index (χ1) is 18.8. The molecule has 0 atom stereocenters. The first kappa shape index (κ1) is 22.1. The van der Waals surface area contributed by atoms with Crippen LogP contribution in [-0.2, 0) is 0 Å². The lowest BCUT2D eigenvalue weighted by Gasteiger charge is -2.15. The number of nitrogens with zero attached hydrogens (tertiary/aromatic N) is 3. The van der Waals surface area contributed by atoms with Gasteiger partial charge in [-0.2, -0.15) is 0 Å². The second-order valence-electron chi connectivity index (χ2n) is 9.31. The van der Waals surface area contributed by atoms with Gasteiger partial charge in [0, 0.05) is 16.7 Å². The molecule has 3 heteroatoms. The Balaban J connectivity index is 1.53. The highest BCUT2D eigenvalue weighted by Crippen LogP contribution is 2.38. The normalized spacial score (nSPS) is 11.2. The van der Waals surface area contributed by atoms with Gasteiger partial charge in [0.05, 0.1) is 0 Å². The highest BCUT2D eigenvalue weighted by atomic mass is 15.0. The van der Waals surface area contributed by atoms with Gasteiger partial charge < -0.3 is 0 Å². The summed E-state index contributed by atoms with van der Waals surface area (Å²) < 4.78 is 0. The first-order valence-electron chi connectivity index (χ1n) is 12.7. The van der Waals surface area contributed by atoms with Crippen LogP contribution in [0.4, 0.5) is 0 Å². The molecule has 0 fully saturated rings. The van der Waals surface area contributed by atoms with Gasteiger partial charge in [-0.1, -0.05) is 133 Å². The maximum atomic E-state index is 5.12. The molecule has 6 aromatic carbocycles. The lowest BCUT2D eigenvalue weighted by molar-refractivity contribution is 1.08. The minimum Gasteiger partial charge on any atom is -0.208 e. The van der Waals surface area contributed by atoms with Crippen molar-refractivity contribution in [3.8, 4) is 45.3 Å². The van der Waals surface area contributed by atoms with E-state index in [1.807, 2.05) is 36.4 Å². The molecular weight excluding hydrogens is 462 g/mol. The largest absolute Gasteiger partial charge is 0.208 e. The smallest absolute Gasteiger partial charge is 0.165 e. The number of hydrogen-bond donors (Lipinski definition) is 0. The third-order valence-corrected chi connectivity index (χ3v) is 6.91. The van der Waals surface area contributed by atoms with Gasteiger partial charge >= 0.3 is 0 Å². The quantitative estimate of drug-likeness (QED) is 0.250. The summed E-state index contributed by atoms with van der Waals surface area (Å²) in [7, 11) is 0. The highest BCUT2D eigenvalue weighted by molar-refractivity contribution is 6.03. The van der Waals surface area contributed by atoms with Crippen molar-refractivity contribution in [2.24, 2.45) is 0 Å². The van der Waals surface area contributed by atoms with E-state index in [2.05, 4.69) is 103 Å². The van der Waals surface area contributed by atoms with Crippen LogP contribution >= 0.6 is 0 Å². The zero-order valence-electron chi connectivity index (χ0n) is 20.6. The van der Waals surface area contributed by atoms with Gasteiger partial charge in [0.15, 0.2) is 17.5 Å². The summed E-state index contributed by atoms with van der Waals surface area (Å²) in [4.78, 5) is 15.2. The average Bonchev–Trinajstić information content (AvgIpc) is 3.01. The van der Waals surface area contributed by atoms with E-state index in [1.165, 1.54) is 5.39 Å². The predicted molar refractivity (Wildman–Crippen MR) is 157 cm³/mol. The Kier molecular flexibility index (Phi) is 5.45. The Labute approximate surface area is 221 Å². The minimum absolute atomic E-state index is 0.658. The standard InChI is InChI=1S/C35H23N3/c1-3-12-25(13-4-1)31-22-21-26-14-9-10-18-30(26)32(31)35-37-33(27-15-5-2-6-16-27)36-34(38-35)29-20-19-24-11-7-8-17-28(24)23-29/h1-23H. The van der Waals surface area contributed by atoms with Crippen LogP contribution in [0, 0.1) is 0 Å². The molecule has 1 heterocycles. The number of rotatable bonds is 4. The summed E-state index contributed by atoms with van der Waals surface area (Å²) in [6.07, 6.45) is 0. The Morgan fingerprint density at radius 1 is 0.342 bits per heavy atom. The van der Waals surface area contributed by atoms with Crippen molar-refractivity contribution in [2.45, 2.75) is 0 Å². The van der Waals surface area contributed by atoms with Crippen LogP contribution in [0.3, 0.4) is 0 Å². The molecule has 38 heavy (non-hydrogen) atoms. The second kappa shape index (κ2) is 9.38. The third kappa shape index (κ3) is 4.00. The zero-order chi connectivity index (χ0) is 25.3. The molecule has 0 bridgehead atoms. The predicted octanol–water partition coefficient (Wildman–Crippen LogP) is 8.85. The van der Waals surface area contributed by atoms with E-state index in [0.29, 0.717) is 17.5 Å². The molecule has 0 aliphatic carbocycles. The van der Waals surface area contributed by atoms with Gasteiger partial charge in [0.1, 0.15) is 0 Å². The van der Waals surface area contributed by atoms with Gasteiger partial charge in [0.2, 0.25) is 0 Å². The molecule has 1 aromatic heterocycles. The lowest BCUT2D eigenvalue weighted by atomic mass is 9.93. The van der Waals surface area contributed by atoms with Crippen LogP contribution in [0.1, 0.15) is 0 Å². The third-order valence-electron chi connectivity index (χ3n) is 6.91. The Morgan fingerprint density at radius 2 is 0.895 bits per heavy atom. The number of fused-ring (bicyclic) bond motifs is 2. The monoisotopic (exact) mass is 485 g/mol. The zero-order valence-corrected chi connectivity index (χ0v) is 20.6. The molecule has 0 N–H and O–H groups in total. The van der Waals surface area contributed by atoms with Crippen molar-refractivity contribution >= 4 is 21.5 Å². The molecule has 0 unspecified atom stereocenters. The van der Waals surface area contributed by atoms with E-state index in [1.54, 1.807) is 0 Å². The second-order valence-corrected chi connectivity index (χ2v) is 9.31. The summed E-state index contributed by atoms with van der Waals surface area (Å²) in [6.45, 7) is 0. The summed E-state index contributed by atoms with van der Waals surface area (Å²) >= 11 is 0. The Hall–Kier alpha value is -5.15. The molecule has 0 spiro atoms. The summed E-state index contributed by atoms with van der Waals surface area (Å²) in [5.74, 6) is 1.98. The molecule has 0 saturated carbocycles. The van der Waals surface area contributed by atoms with Crippen LogP contribution in [0.25, 0.3) is 66.8 Å². The average molecular weight is 486 g/mol. The molecular formula is C35H23N3. The maximum absolute atomic E-state index is 5.12. The fourth-order valence-electron chi connectivity index (χ4n) is 5.03. The maximum Gasteiger partial charge on any atom is 0.165 e. The van der Waals surface area contributed by atoms with Crippen molar-refractivity contribution < 1.29 is 0 Å². The molecule has 3 nitrogen and oxygen atoms in total. The molecule has 7 rings (SSSR count). The molecule has 0 amide bonds. The molecule has 7 aromatic rings. The number of aromatic nitrogens is 3. The van der Waals surface area contributed by atoms with E-state index in [9.17, 15) is 0 Å². The van der Waals surface area contributed by atoms with E-state index < -0.39 is 0 Å². The van der Waals surface area contributed by atoms with E-state index in [0.717, 1.165) is 44.0 Å². The van der Waals surface area contributed by atoms with Crippen molar-refractivity contribution in [3.63, 3.8) is 0 Å². The topological polar surface area (TPSA) is 38.7 Å². The fourth-order valence-corrected chi connectivity index (χ4v) is 5.03. The van der Waals surface area contributed by atoms with Gasteiger partial charge in [-0.25, -0.2) is 15.0 Å². The van der Waals surface area contributed by atoms with E-state index in [-0.39, 0.29) is 0 Å². The van der Waals surface area contributed by atoms with Crippen molar-refractivity contribution in [1.82, 2.24) is 15.0 Å². The number of hydrogen-bond acceptors (Lipinski definition) is 3. The van der Waals surface area contributed by atoms with Gasteiger partial charge in [-0.3, -0.25) is 0 Å². The van der Waals surface area contributed by atoms with E-state index >= 15 is 0 Å². The van der Waals surface area contributed by atoms with Gasteiger partial charge in [0.25, 0.3) is 0 Å². The van der Waals surface area contributed by atoms with E-state index in [4.69, 9.17) is 15.0 Å². The van der Waals surface area contributed by atoms with Crippen LogP contribution in [0.2, 0.25) is 0 Å². The summed E-state index contributed by atoms with van der Waals surface area (Å²) in [5, 5.41) is 4.61. The van der Waals surface area contributed by atoms with Crippen molar-refractivity contribution in [2.75, 3.05) is 0 Å². The van der Waals surface area contributed by atoms with Crippen LogP contribution < -0.4 is 0 Å². The minimum atomic E-state index is 0.658. The number of benzene rings is 6.